The Labute approximate surface area is 227 Å². The maximum atomic E-state index is 6.26. The van der Waals surface area contributed by atoms with Crippen LogP contribution in [-0.4, -0.2) is 13.1 Å². The topological polar surface area (TPSA) is 56.5 Å². The van der Waals surface area contributed by atoms with Gasteiger partial charge in [-0.1, -0.05) is 86.1 Å². The van der Waals surface area contributed by atoms with Crippen LogP contribution in [0.5, 0.6) is 11.5 Å². The Kier molecular flexibility index (Phi) is 10.7. The van der Waals surface area contributed by atoms with Crippen molar-refractivity contribution >= 4 is 5.69 Å². The molecule has 0 aliphatic heterocycles. The molecule has 4 aromatic rings. The molecule has 0 fully saturated rings. The average molecular weight is 509 g/mol. The summed E-state index contributed by atoms with van der Waals surface area (Å²) in [5.41, 5.74) is 13.3. The molecule has 0 aliphatic rings. The quantitative estimate of drug-likeness (QED) is 0.132. The first-order valence-corrected chi connectivity index (χ1v) is 13.8. The first kappa shape index (κ1) is 27.3. The van der Waals surface area contributed by atoms with Crippen LogP contribution in [0.1, 0.15) is 47.6 Å². The van der Waals surface area contributed by atoms with E-state index < -0.39 is 0 Å². The van der Waals surface area contributed by atoms with Gasteiger partial charge in [-0.25, -0.2) is 0 Å². The van der Waals surface area contributed by atoms with E-state index in [0.717, 1.165) is 49.4 Å². The third-order valence-corrected chi connectivity index (χ3v) is 6.70. The fourth-order valence-electron chi connectivity index (χ4n) is 4.48. The van der Waals surface area contributed by atoms with Crippen LogP contribution in [0.25, 0.3) is 0 Å². The van der Waals surface area contributed by atoms with Crippen LogP contribution in [0.3, 0.4) is 0 Å². The van der Waals surface area contributed by atoms with Gasteiger partial charge in [0.2, 0.25) is 0 Å². The van der Waals surface area contributed by atoms with Gasteiger partial charge >= 0.3 is 0 Å². The van der Waals surface area contributed by atoms with Crippen molar-refractivity contribution in [3.63, 3.8) is 0 Å². The summed E-state index contributed by atoms with van der Waals surface area (Å²) in [7, 11) is 0. The van der Waals surface area contributed by atoms with E-state index in [1.807, 2.05) is 48.5 Å². The lowest BCUT2D eigenvalue weighted by Crippen LogP contribution is -2.20. The summed E-state index contributed by atoms with van der Waals surface area (Å²) in [4.78, 5) is 0. The normalized spacial score (nSPS) is 10.9. The molecule has 0 unspecified atom stereocenters. The van der Waals surface area contributed by atoms with Gasteiger partial charge in [0.05, 0.1) is 5.69 Å². The molecule has 198 valence electrons. The molecule has 4 nitrogen and oxygen atoms in total. The van der Waals surface area contributed by atoms with Gasteiger partial charge in [0, 0.05) is 0 Å². The second-order valence-electron chi connectivity index (χ2n) is 9.70. The molecule has 0 spiro atoms. The number of hydrogen-bond donors (Lipinski definition) is 2. The van der Waals surface area contributed by atoms with E-state index >= 15 is 0 Å². The van der Waals surface area contributed by atoms with E-state index in [4.69, 9.17) is 15.2 Å². The lowest BCUT2D eigenvalue weighted by molar-refractivity contribution is 0.306. The molecule has 0 radical (unpaired) electrons. The first-order chi connectivity index (χ1) is 18.7. The molecule has 0 saturated carbocycles. The summed E-state index contributed by atoms with van der Waals surface area (Å²) in [6, 6.07) is 33.2. The lowest BCUT2D eigenvalue weighted by Gasteiger charge is -2.14. The maximum absolute atomic E-state index is 6.26. The van der Waals surface area contributed by atoms with Crippen molar-refractivity contribution < 1.29 is 9.47 Å². The molecular weight excluding hydrogens is 468 g/mol. The molecule has 0 amide bonds. The van der Waals surface area contributed by atoms with E-state index in [9.17, 15) is 0 Å². The Morgan fingerprint density at radius 2 is 1.32 bits per heavy atom. The van der Waals surface area contributed by atoms with Crippen LogP contribution < -0.4 is 20.5 Å². The summed E-state index contributed by atoms with van der Waals surface area (Å²) in [6.45, 7) is 5.21. The second kappa shape index (κ2) is 14.8. The number of unbranched alkanes of at least 4 members (excludes halogenated alkanes) is 1. The van der Waals surface area contributed by atoms with Gasteiger partial charge in [-0.15, -0.1) is 0 Å². The zero-order valence-corrected chi connectivity index (χ0v) is 22.5. The number of aryl methyl sites for hydroxylation is 1. The Bertz CT molecular complexity index is 1240. The fraction of sp³-hybridized carbons (Fsp3) is 0.294. The van der Waals surface area contributed by atoms with Crippen LogP contribution in [0.15, 0.2) is 97.1 Å². The van der Waals surface area contributed by atoms with Gasteiger partial charge in [0.25, 0.3) is 0 Å². The third kappa shape index (κ3) is 8.67. The number of benzene rings is 4. The van der Waals surface area contributed by atoms with Crippen LogP contribution >= 0.6 is 0 Å². The molecular formula is C34H40N2O2. The molecule has 0 heterocycles. The minimum atomic E-state index is 0.520. The van der Waals surface area contributed by atoms with Gasteiger partial charge in [-0.05, 0) is 90.9 Å². The zero-order chi connectivity index (χ0) is 26.4. The highest BCUT2D eigenvalue weighted by Crippen LogP contribution is 2.24. The van der Waals surface area contributed by atoms with Gasteiger partial charge < -0.3 is 20.5 Å². The summed E-state index contributed by atoms with van der Waals surface area (Å²) in [5.74, 6) is 1.69. The highest BCUT2D eigenvalue weighted by Gasteiger charge is 2.07. The molecule has 0 aromatic heterocycles. The largest absolute Gasteiger partial charge is 0.489 e. The molecule has 0 saturated heterocycles. The van der Waals surface area contributed by atoms with Crippen molar-refractivity contribution in [2.75, 3.05) is 18.8 Å². The summed E-state index contributed by atoms with van der Waals surface area (Å²) in [6.07, 6.45) is 5.40. The van der Waals surface area contributed by atoms with Gasteiger partial charge in [-0.3, -0.25) is 0 Å². The highest BCUT2D eigenvalue weighted by molar-refractivity contribution is 5.54. The van der Waals surface area contributed by atoms with Gasteiger partial charge in [-0.2, -0.15) is 0 Å². The molecule has 4 aromatic carbocycles. The Hall–Kier alpha value is -3.76. The van der Waals surface area contributed by atoms with Crippen molar-refractivity contribution in [1.29, 1.82) is 0 Å². The minimum absolute atomic E-state index is 0.520. The van der Waals surface area contributed by atoms with Crippen LogP contribution in [-0.2, 0) is 32.5 Å². The van der Waals surface area contributed by atoms with Crippen LogP contribution in [0.2, 0.25) is 0 Å². The third-order valence-electron chi connectivity index (χ3n) is 6.70. The predicted octanol–water partition coefficient (Wildman–Crippen LogP) is 7.14. The van der Waals surface area contributed by atoms with E-state index in [0.29, 0.717) is 18.9 Å². The molecule has 0 bridgehead atoms. The Balaban J connectivity index is 1.22. The molecule has 38 heavy (non-hydrogen) atoms. The monoisotopic (exact) mass is 508 g/mol. The fourth-order valence-corrected chi connectivity index (χ4v) is 4.48. The number of nitrogen functional groups attached to an aromatic ring is 1. The van der Waals surface area contributed by atoms with Crippen molar-refractivity contribution in [1.82, 2.24) is 5.32 Å². The number of anilines is 1. The molecule has 0 aliphatic carbocycles. The highest BCUT2D eigenvalue weighted by atomic mass is 16.5. The van der Waals surface area contributed by atoms with E-state index in [1.54, 1.807) is 0 Å². The van der Waals surface area contributed by atoms with Crippen LogP contribution in [0.4, 0.5) is 5.69 Å². The van der Waals surface area contributed by atoms with Gasteiger partial charge in [0.15, 0.2) is 0 Å². The number of hydrogen-bond acceptors (Lipinski definition) is 4. The van der Waals surface area contributed by atoms with E-state index in [-0.39, 0.29) is 0 Å². The number of rotatable bonds is 15. The number of ether oxygens (including phenoxy) is 2. The average Bonchev–Trinajstić information content (AvgIpc) is 2.96. The molecule has 3 N–H and O–H groups in total. The second-order valence-corrected chi connectivity index (χ2v) is 9.70. The Morgan fingerprint density at radius 1 is 0.632 bits per heavy atom. The molecule has 4 rings (SSSR count). The van der Waals surface area contributed by atoms with Gasteiger partial charge in [0.1, 0.15) is 24.7 Å². The number of nitrogens with two attached hydrogens (primary N) is 1. The standard InChI is InChI=1S/C34H40N2O2/c1-2-3-14-31-24-32(37-25-28-10-6-4-7-11-28)17-16-30(31)20-22-36-21-19-27-15-18-34(33(35)23-27)38-26-29-12-8-5-9-13-29/h4-13,15-18,23-24,36H,2-3,14,19-22,25-26,35H2,1H3. The van der Waals surface area contributed by atoms with Crippen molar-refractivity contribution in [2.45, 2.75) is 52.2 Å². The summed E-state index contributed by atoms with van der Waals surface area (Å²) < 4.78 is 12.0. The summed E-state index contributed by atoms with van der Waals surface area (Å²) in [5, 5.41) is 3.60. The minimum Gasteiger partial charge on any atom is -0.489 e. The SMILES string of the molecule is CCCCc1cc(OCc2ccccc2)ccc1CCNCCc1ccc(OCc2ccccc2)c(N)c1. The lowest BCUT2D eigenvalue weighted by atomic mass is 9.99. The van der Waals surface area contributed by atoms with Crippen molar-refractivity contribution in [3.05, 3.63) is 125 Å². The molecule has 0 atom stereocenters. The smallest absolute Gasteiger partial charge is 0.142 e. The van der Waals surface area contributed by atoms with Crippen LogP contribution in [0, 0.1) is 0 Å². The maximum Gasteiger partial charge on any atom is 0.142 e. The van der Waals surface area contributed by atoms with E-state index in [2.05, 4.69) is 60.8 Å². The predicted molar refractivity (Wildman–Crippen MR) is 158 cm³/mol. The van der Waals surface area contributed by atoms with Crippen molar-refractivity contribution in [3.8, 4) is 11.5 Å². The molecule has 4 heteroatoms. The van der Waals surface area contributed by atoms with Crippen molar-refractivity contribution in [2.24, 2.45) is 0 Å². The van der Waals surface area contributed by atoms with E-state index in [1.165, 1.54) is 35.1 Å². The zero-order valence-electron chi connectivity index (χ0n) is 22.5. The first-order valence-electron chi connectivity index (χ1n) is 13.8. The number of nitrogens with one attached hydrogen (secondary N) is 1. The Morgan fingerprint density at radius 3 is 2.00 bits per heavy atom. The summed E-state index contributed by atoms with van der Waals surface area (Å²) >= 11 is 0.